The molecular formula is C12H12ClNO2. The minimum absolute atomic E-state index is 0.464. The number of nitrogens with zero attached hydrogens (tertiary/aromatic N) is 1. The van der Waals surface area contributed by atoms with E-state index in [4.69, 9.17) is 20.8 Å². The van der Waals surface area contributed by atoms with Gasteiger partial charge < -0.3 is 9.15 Å². The molecule has 0 aliphatic rings. The normalized spacial score (nSPS) is 10.4. The maximum absolute atomic E-state index is 5.80. The maximum atomic E-state index is 5.80. The van der Waals surface area contributed by atoms with Crippen LogP contribution in [0.25, 0.3) is 0 Å². The summed E-state index contributed by atoms with van der Waals surface area (Å²) in [5, 5.41) is 0.728. The smallest absolute Gasteiger partial charge is 0.305 e. The fourth-order valence-electron chi connectivity index (χ4n) is 1.36. The molecule has 0 saturated heterocycles. The van der Waals surface area contributed by atoms with Crippen LogP contribution in [-0.2, 0) is 6.42 Å². The Morgan fingerprint density at radius 2 is 2.06 bits per heavy atom. The number of aromatic nitrogens is 1. The van der Waals surface area contributed by atoms with E-state index in [2.05, 4.69) is 4.98 Å². The van der Waals surface area contributed by atoms with Crippen LogP contribution in [0.5, 0.6) is 5.95 Å². The van der Waals surface area contributed by atoms with Gasteiger partial charge in [-0.25, -0.2) is 4.98 Å². The highest BCUT2D eigenvalue weighted by molar-refractivity contribution is 6.30. The molecule has 0 unspecified atom stereocenters. The average Bonchev–Trinajstić information content (AvgIpc) is 2.70. The zero-order valence-electron chi connectivity index (χ0n) is 8.94. The van der Waals surface area contributed by atoms with E-state index < -0.39 is 0 Å². The molecule has 0 atom stereocenters. The molecule has 0 fully saturated rings. The Hall–Kier alpha value is -1.48. The molecule has 3 nitrogen and oxygen atoms in total. The zero-order chi connectivity index (χ0) is 11.4. The van der Waals surface area contributed by atoms with Crippen LogP contribution in [0.1, 0.15) is 18.4 Å². The van der Waals surface area contributed by atoms with Gasteiger partial charge in [0.05, 0.1) is 6.61 Å². The zero-order valence-corrected chi connectivity index (χ0v) is 9.70. The first-order valence-electron chi connectivity index (χ1n) is 5.10. The first-order valence-corrected chi connectivity index (χ1v) is 5.47. The lowest BCUT2D eigenvalue weighted by Crippen LogP contribution is -1.89. The van der Waals surface area contributed by atoms with E-state index in [1.165, 1.54) is 0 Å². The third-order valence-corrected chi connectivity index (χ3v) is 2.34. The van der Waals surface area contributed by atoms with Crippen LogP contribution in [0.15, 0.2) is 34.9 Å². The van der Waals surface area contributed by atoms with Gasteiger partial charge in [-0.3, -0.25) is 0 Å². The largest absolute Gasteiger partial charge is 0.464 e. The lowest BCUT2D eigenvalue weighted by atomic mass is 10.1. The van der Waals surface area contributed by atoms with Crippen molar-refractivity contribution in [3.8, 4) is 5.95 Å². The van der Waals surface area contributed by atoms with Crippen molar-refractivity contribution in [3.63, 3.8) is 0 Å². The summed E-state index contributed by atoms with van der Waals surface area (Å²) < 4.78 is 10.6. The van der Waals surface area contributed by atoms with Gasteiger partial charge in [0, 0.05) is 11.4 Å². The van der Waals surface area contributed by atoms with Gasteiger partial charge in [-0.05, 0) is 24.6 Å². The molecule has 0 spiro atoms. The number of oxazole rings is 1. The van der Waals surface area contributed by atoms with Gasteiger partial charge in [0.1, 0.15) is 6.20 Å². The van der Waals surface area contributed by atoms with Gasteiger partial charge >= 0.3 is 5.95 Å². The van der Waals surface area contributed by atoms with Crippen molar-refractivity contribution in [2.75, 3.05) is 6.61 Å². The van der Waals surface area contributed by atoms with Gasteiger partial charge in [0.25, 0.3) is 0 Å². The van der Waals surface area contributed by atoms with E-state index in [1.54, 1.807) is 6.20 Å². The highest BCUT2D eigenvalue weighted by Crippen LogP contribution is 2.17. The molecule has 16 heavy (non-hydrogen) atoms. The maximum Gasteiger partial charge on any atom is 0.305 e. The third-order valence-electron chi connectivity index (χ3n) is 2.09. The summed E-state index contributed by atoms with van der Waals surface area (Å²) in [6.07, 6.45) is 2.24. The summed E-state index contributed by atoms with van der Waals surface area (Å²) in [5.41, 5.74) is 1.11. The summed E-state index contributed by atoms with van der Waals surface area (Å²) in [4.78, 5) is 4.13. The number of hydrogen-bond acceptors (Lipinski definition) is 3. The number of rotatable bonds is 4. The second-order valence-corrected chi connectivity index (χ2v) is 3.75. The molecule has 0 aliphatic carbocycles. The molecule has 0 amide bonds. The van der Waals surface area contributed by atoms with Crippen molar-refractivity contribution in [1.29, 1.82) is 0 Å². The number of benzene rings is 1. The van der Waals surface area contributed by atoms with Crippen LogP contribution < -0.4 is 4.74 Å². The van der Waals surface area contributed by atoms with Crippen molar-refractivity contribution in [3.05, 3.63) is 46.9 Å². The lowest BCUT2D eigenvalue weighted by molar-refractivity contribution is 0.251. The van der Waals surface area contributed by atoms with Gasteiger partial charge in [-0.1, -0.05) is 23.7 Å². The minimum Gasteiger partial charge on any atom is -0.464 e. The van der Waals surface area contributed by atoms with E-state index in [0.717, 1.165) is 10.6 Å². The Morgan fingerprint density at radius 3 is 2.75 bits per heavy atom. The molecular weight excluding hydrogens is 226 g/mol. The summed E-state index contributed by atoms with van der Waals surface area (Å²) in [6.45, 7) is 2.48. The Kier molecular flexibility index (Phi) is 3.47. The fourth-order valence-corrected chi connectivity index (χ4v) is 1.49. The Labute approximate surface area is 99.0 Å². The highest BCUT2D eigenvalue weighted by Gasteiger charge is 2.05. The standard InChI is InChI=1S/C12H12ClNO2/c1-2-15-12-8-14-11(16-12)7-9-3-5-10(13)6-4-9/h3-6,8H,2,7H2,1H3. The second kappa shape index (κ2) is 5.03. The summed E-state index contributed by atoms with van der Waals surface area (Å²) >= 11 is 5.80. The van der Waals surface area contributed by atoms with Crippen molar-refractivity contribution in [2.45, 2.75) is 13.3 Å². The van der Waals surface area contributed by atoms with Gasteiger partial charge in [0.2, 0.25) is 5.89 Å². The summed E-state index contributed by atoms with van der Waals surface area (Å²) in [7, 11) is 0. The topological polar surface area (TPSA) is 35.3 Å². The second-order valence-electron chi connectivity index (χ2n) is 3.31. The molecule has 84 valence electrons. The Balaban J connectivity index is 2.05. The Morgan fingerprint density at radius 1 is 1.31 bits per heavy atom. The first-order chi connectivity index (χ1) is 7.78. The quantitative estimate of drug-likeness (QED) is 0.818. The summed E-state index contributed by atoms with van der Waals surface area (Å²) in [5.74, 6) is 1.11. The molecule has 1 aromatic heterocycles. The van der Waals surface area contributed by atoms with Crippen LogP contribution in [0.4, 0.5) is 0 Å². The SMILES string of the molecule is CCOc1cnc(Cc2ccc(Cl)cc2)o1. The lowest BCUT2D eigenvalue weighted by Gasteiger charge is -1.98. The van der Waals surface area contributed by atoms with E-state index >= 15 is 0 Å². The molecule has 1 aromatic carbocycles. The monoisotopic (exact) mass is 237 g/mol. The molecule has 2 rings (SSSR count). The molecule has 0 saturated carbocycles. The number of halogens is 1. The van der Waals surface area contributed by atoms with Crippen LogP contribution in [0.3, 0.4) is 0 Å². The predicted octanol–water partition coefficient (Wildman–Crippen LogP) is 3.32. The van der Waals surface area contributed by atoms with Crippen LogP contribution in [0.2, 0.25) is 5.02 Å². The molecule has 0 radical (unpaired) electrons. The molecule has 4 heteroatoms. The molecule has 1 heterocycles. The highest BCUT2D eigenvalue weighted by atomic mass is 35.5. The van der Waals surface area contributed by atoms with Crippen LogP contribution in [-0.4, -0.2) is 11.6 Å². The summed E-state index contributed by atoms with van der Waals surface area (Å²) in [6, 6.07) is 7.60. The van der Waals surface area contributed by atoms with Crippen molar-refractivity contribution in [1.82, 2.24) is 4.98 Å². The minimum atomic E-state index is 0.464. The van der Waals surface area contributed by atoms with E-state index in [1.807, 2.05) is 31.2 Å². The van der Waals surface area contributed by atoms with Crippen LogP contribution >= 0.6 is 11.6 Å². The van der Waals surface area contributed by atoms with Crippen molar-refractivity contribution in [2.24, 2.45) is 0 Å². The Bertz CT molecular complexity index is 450. The van der Waals surface area contributed by atoms with E-state index in [0.29, 0.717) is 24.9 Å². The molecule has 0 aliphatic heterocycles. The predicted molar refractivity (Wildman–Crippen MR) is 61.9 cm³/mol. The number of hydrogen-bond donors (Lipinski definition) is 0. The first kappa shape index (κ1) is 11.0. The molecule has 0 bridgehead atoms. The molecule has 2 aromatic rings. The van der Waals surface area contributed by atoms with Crippen LogP contribution in [0, 0.1) is 0 Å². The number of ether oxygens (including phenoxy) is 1. The average molecular weight is 238 g/mol. The van der Waals surface area contributed by atoms with E-state index in [9.17, 15) is 0 Å². The van der Waals surface area contributed by atoms with Crippen molar-refractivity contribution >= 4 is 11.6 Å². The molecule has 0 N–H and O–H groups in total. The van der Waals surface area contributed by atoms with Gasteiger partial charge in [-0.2, -0.15) is 0 Å². The van der Waals surface area contributed by atoms with E-state index in [-0.39, 0.29) is 0 Å². The third kappa shape index (κ3) is 2.76. The van der Waals surface area contributed by atoms with Gasteiger partial charge in [-0.15, -0.1) is 0 Å². The van der Waals surface area contributed by atoms with Gasteiger partial charge in [0.15, 0.2) is 0 Å². The van der Waals surface area contributed by atoms with Crippen molar-refractivity contribution < 1.29 is 9.15 Å². The fraction of sp³-hybridized carbons (Fsp3) is 0.250.